The van der Waals surface area contributed by atoms with E-state index >= 15 is 0 Å². The Balaban J connectivity index is 1.81. The summed E-state index contributed by atoms with van der Waals surface area (Å²) >= 11 is 0. The van der Waals surface area contributed by atoms with Crippen molar-refractivity contribution in [1.29, 1.82) is 0 Å². The zero-order valence-corrected chi connectivity index (χ0v) is 11.9. The first-order valence-electron chi connectivity index (χ1n) is 6.66. The van der Waals surface area contributed by atoms with Gasteiger partial charge in [0.25, 0.3) is 0 Å². The van der Waals surface area contributed by atoms with Crippen LogP contribution >= 0.6 is 0 Å². The summed E-state index contributed by atoms with van der Waals surface area (Å²) in [6.45, 7) is 2.47. The minimum atomic E-state index is -3.48. The first kappa shape index (κ1) is 13.4. The summed E-state index contributed by atoms with van der Waals surface area (Å²) in [5, 5.41) is -0.211. The second kappa shape index (κ2) is 5.06. The van der Waals surface area contributed by atoms with Gasteiger partial charge in [-0.2, -0.15) is 4.98 Å². The number of anilines is 1. The molecule has 2 N–H and O–H groups in total. The van der Waals surface area contributed by atoms with Gasteiger partial charge in [0.2, 0.25) is 9.84 Å². The predicted octanol–water partition coefficient (Wildman–Crippen LogP) is 1.28. The zero-order valence-electron chi connectivity index (χ0n) is 11.1. The molecule has 2 aromatic rings. The number of hydrogen-bond acceptors (Lipinski definition) is 6. The highest BCUT2D eigenvalue weighted by atomic mass is 32.2. The SMILES string of the molecule is Nc1ccc2oc(S(=O)(=O)CCN3CCCC3)nc2c1. The molecular weight excluding hydrogens is 278 g/mol. The molecule has 3 rings (SSSR count). The lowest BCUT2D eigenvalue weighted by Crippen LogP contribution is -2.26. The van der Waals surface area contributed by atoms with Crippen molar-refractivity contribution in [1.82, 2.24) is 9.88 Å². The Hall–Kier alpha value is -1.60. The Morgan fingerprint density at radius 1 is 1.30 bits per heavy atom. The Kier molecular flexibility index (Phi) is 3.39. The Morgan fingerprint density at radius 2 is 2.05 bits per heavy atom. The molecule has 0 spiro atoms. The van der Waals surface area contributed by atoms with Crippen LogP contribution in [0.2, 0.25) is 0 Å². The van der Waals surface area contributed by atoms with Crippen molar-refractivity contribution in [2.45, 2.75) is 18.1 Å². The quantitative estimate of drug-likeness (QED) is 0.855. The molecule has 1 fully saturated rings. The first-order valence-corrected chi connectivity index (χ1v) is 8.31. The molecule has 0 radical (unpaired) electrons. The summed E-state index contributed by atoms with van der Waals surface area (Å²) in [6, 6.07) is 4.91. The number of benzene rings is 1. The molecule has 0 aliphatic carbocycles. The van der Waals surface area contributed by atoms with E-state index in [9.17, 15) is 8.42 Å². The largest absolute Gasteiger partial charge is 0.428 e. The number of fused-ring (bicyclic) bond motifs is 1. The monoisotopic (exact) mass is 295 g/mol. The van der Waals surface area contributed by atoms with E-state index in [0.717, 1.165) is 25.9 Å². The molecule has 7 heteroatoms. The number of rotatable bonds is 4. The van der Waals surface area contributed by atoms with Gasteiger partial charge in [-0.3, -0.25) is 0 Å². The smallest absolute Gasteiger partial charge is 0.316 e. The number of nitrogens with two attached hydrogens (primary N) is 1. The summed E-state index contributed by atoms with van der Waals surface area (Å²) in [5.74, 6) is 0.0370. The molecule has 1 aromatic carbocycles. The topological polar surface area (TPSA) is 89.4 Å². The van der Waals surface area contributed by atoms with Gasteiger partial charge in [0, 0.05) is 12.2 Å². The van der Waals surface area contributed by atoms with Gasteiger partial charge in [-0.25, -0.2) is 8.42 Å². The third-order valence-electron chi connectivity index (χ3n) is 3.53. The third kappa shape index (κ3) is 2.64. The fourth-order valence-electron chi connectivity index (χ4n) is 2.40. The van der Waals surface area contributed by atoms with Crippen LogP contribution in [0.15, 0.2) is 27.8 Å². The normalized spacial score (nSPS) is 17.0. The summed E-state index contributed by atoms with van der Waals surface area (Å²) in [7, 11) is -3.48. The molecule has 0 amide bonds. The molecule has 20 heavy (non-hydrogen) atoms. The second-order valence-electron chi connectivity index (χ2n) is 5.07. The molecule has 1 aliphatic heterocycles. The lowest BCUT2D eigenvalue weighted by atomic mass is 10.3. The number of oxazole rings is 1. The third-order valence-corrected chi connectivity index (χ3v) is 4.96. The lowest BCUT2D eigenvalue weighted by Gasteiger charge is -2.12. The maximum atomic E-state index is 12.2. The molecule has 1 saturated heterocycles. The van der Waals surface area contributed by atoms with Crippen molar-refractivity contribution in [3.63, 3.8) is 0 Å². The number of hydrogen-bond donors (Lipinski definition) is 1. The van der Waals surface area contributed by atoms with Crippen LogP contribution < -0.4 is 5.73 Å². The first-order chi connectivity index (χ1) is 9.54. The number of likely N-dealkylation sites (tertiary alicyclic amines) is 1. The molecule has 108 valence electrons. The highest BCUT2D eigenvalue weighted by Gasteiger charge is 2.23. The van der Waals surface area contributed by atoms with E-state index in [-0.39, 0.29) is 11.0 Å². The van der Waals surface area contributed by atoms with Gasteiger partial charge in [0.1, 0.15) is 5.52 Å². The maximum absolute atomic E-state index is 12.2. The minimum Gasteiger partial charge on any atom is -0.428 e. The van der Waals surface area contributed by atoms with Crippen molar-refractivity contribution in [3.05, 3.63) is 18.2 Å². The molecule has 1 aliphatic rings. The van der Waals surface area contributed by atoms with Crippen LogP contribution in [0.4, 0.5) is 5.69 Å². The van der Waals surface area contributed by atoms with Crippen LogP contribution in [-0.2, 0) is 9.84 Å². The van der Waals surface area contributed by atoms with Crippen LogP contribution in [0, 0.1) is 0 Å². The van der Waals surface area contributed by atoms with Gasteiger partial charge in [-0.15, -0.1) is 0 Å². The molecular formula is C13H17N3O3S. The molecule has 6 nitrogen and oxygen atoms in total. The van der Waals surface area contributed by atoms with Crippen LogP contribution in [0.5, 0.6) is 0 Å². The Morgan fingerprint density at radius 3 is 2.80 bits per heavy atom. The number of aromatic nitrogens is 1. The van der Waals surface area contributed by atoms with Gasteiger partial charge in [-0.05, 0) is 44.1 Å². The molecule has 0 bridgehead atoms. The van der Waals surface area contributed by atoms with Crippen LogP contribution in [0.3, 0.4) is 0 Å². The molecule has 0 atom stereocenters. The van der Waals surface area contributed by atoms with E-state index in [1.807, 2.05) is 0 Å². The fraction of sp³-hybridized carbons (Fsp3) is 0.462. The van der Waals surface area contributed by atoms with Crippen molar-refractivity contribution in [2.24, 2.45) is 0 Å². The van der Waals surface area contributed by atoms with E-state index in [2.05, 4.69) is 9.88 Å². The average Bonchev–Trinajstić information content (AvgIpc) is 3.05. The van der Waals surface area contributed by atoms with Gasteiger partial charge < -0.3 is 15.1 Å². The predicted molar refractivity (Wildman–Crippen MR) is 76.1 cm³/mol. The van der Waals surface area contributed by atoms with Crippen molar-refractivity contribution < 1.29 is 12.8 Å². The number of sulfone groups is 1. The van der Waals surface area contributed by atoms with Gasteiger partial charge >= 0.3 is 5.22 Å². The van der Waals surface area contributed by atoms with Gasteiger partial charge in [-0.1, -0.05) is 0 Å². The summed E-state index contributed by atoms with van der Waals surface area (Å²) < 4.78 is 29.8. The van der Waals surface area contributed by atoms with Crippen LogP contribution in [0.25, 0.3) is 11.1 Å². The maximum Gasteiger partial charge on any atom is 0.316 e. The van der Waals surface area contributed by atoms with Gasteiger partial charge in [0.05, 0.1) is 5.75 Å². The van der Waals surface area contributed by atoms with E-state index in [1.165, 1.54) is 0 Å². The second-order valence-corrected chi connectivity index (χ2v) is 7.06. The fourth-order valence-corrected chi connectivity index (χ4v) is 3.53. The summed E-state index contributed by atoms with van der Waals surface area (Å²) in [6.07, 6.45) is 2.28. The highest BCUT2D eigenvalue weighted by molar-refractivity contribution is 7.91. The Labute approximate surface area is 117 Å². The standard InChI is InChI=1S/C13H17N3O3S/c14-10-3-4-12-11(9-10)15-13(19-12)20(17,18)8-7-16-5-1-2-6-16/h3-4,9H,1-2,5-8,14H2. The summed E-state index contributed by atoms with van der Waals surface area (Å²) in [4.78, 5) is 6.19. The van der Waals surface area contributed by atoms with Crippen LogP contribution in [0.1, 0.15) is 12.8 Å². The Bertz CT molecular complexity index is 718. The van der Waals surface area contributed by atoms with E-state index in [1.54, 1.807) is 18.2 Å². The van der Waals surface area contributed by atoms with Gasteiger partial charge in [0.15, 0.2) is 5.58 Å². The van der Waals surface area contributed by atoms with E-state index < -0.39 is 9.84 Å². The zero-order chi connectivity index (χ0) is 14.2. The van der Waals surface area contributed by atoms with Crippen molar-refractivity contribution in [3.8, 4) is 0 Å². The van der Waals surface area contributed by atoms with E-state index in [4.69, 9.17) is 10.2 Å². The minimum absolute atomic E-state index is 0.0370. The van der Waals surface area contributed by atoms with Crippen LogP contribution in [-0.4, -0.2) is 43.7 Å². The average molecular weight is 295 g/mol. The van der Waals surface area contributed by atoms with Crippen molar-refractivity contribution in [2.75, 3.05) is 31.1 Å². The number of nitrogen functional groups attached to an aromatic ring is 1. The molecule has 0 unspecified atom stereocenters. The van der Waals surface area contributed by atoms with Crippen molar-refractivity contribution >= 4 is 26.6 Å². The summed E-state index contributed by atoms with van der Waals surface area (Å²) in [5.41, 5.74) is 7.10. The van der Waals surface area contributed by atoms with E-state index in [0.29, 0.717) is 23.3 Å². The molecule has 0 saturated carbocycles. The lowest BCUT2D eigenvalue weighted by molar-refractivity contribution is 0.357. The molecule has 2 heterocycles. The number of nitrogens with zero attached hydrogens (tertiary/aromatic N) is 2. The molecule has 1 aromatic heterocycles. The highest BCUT2D eigenvalue weighted by Crippen LogP contribution is 2.22.